The van der Waals surface area contributed by atoms with E-state index in [1.54, 1.807) is 11.3 Å². The molecule has 1 unspecified atom stereocenters. The SMILES string of the molecule is [B]C(C[C@@H](O)c1cccs1)N(C)C. The van der Waals surface area contributed by atoms with Gasteiger partial charge < -0.3 is 10.0 Å². The maximum absolute atomic E-state index is 9.73. The van der Waals surface area contributed by atoms with Crippen molar-refractivity contribution in [3.8, 4) is 0 Å². The smallest absolute Gasteiger partial charge is 0.0911 e. The van der Waals surface area contributed by atoms with Crippen LogP contribution in [0.3, 0.4) is 0 Å². The largest absolute Gasteiger partial charge is 0.388 e. The Hall–Kier alpha value is -0.315. The zero-order valence-electron chi connectivity index (χ0n) is 7.97. The molecule has 1 heterocycles. The van der Waals surface area contributed by atoms with Crippen LogP contribution in [0, 0.1) is 0 Å². The summed E-state index contributed by atoms with van der Waals surface area (Å²) in [6, 6.07) is 3.86. The molecule has 0 aliphatic carbocycles. The maximum Gasteiger partial charge on any atom is 0.0911 e. The summed E-state index contributed by atoms with van der Waals surface area (Å²) in [7, 11) is 9.61. The van der Waals surface area contributed by atoms with Gasteiger partial charge in [-0.2, -0.15) is 0 Å². The Balaban J connectivity index is 2.46. The summed E-state index contributed by atoms with van der Waals surface area (Å²) >= 11 is 1.56. The highest BCUT2D eigenvalue weighted by molar-refractivity contribution is 7.10. The summed E-state index contributed by atoms with van der Waals surface area (Å²) in [6.07, 6.45) is 0.144. The van der Waals surface area contributed by atoms with Crippen LogP contribution in [0.1, 0.15) is 17.4 Å². The molecule has 0 spiro atoms. The number of hydrogen-bond donors (Lipinski definition) is 1. The molecule has 70 valence electrons. The molecule has 2 nitrogen and oxygen atoms in total. The van der Waals surface area contributed by atoms with Crippen LogP contribution < -0.4 is 0 Å². The van der Waals surface area contributed by atoms with Gasteiger partial charge in [-0.1, -0.05) is 6.07 Å². The molecule has 2 atom stereocenters. The lowest BCUT2D eigenvalue weighted by molar-refractivity contribution is 0.149. The Kier molecular flexibility index (Phi) is 3.97. The maximum atomic E-state index is 9.73. The van der Waals surface area contributed by atoms with Crippen molar-refractivity contribution in [3.63, 3.8) is 0 Å². The van der Waals surface area contributed by atoms with Crippen LogP contribution in [0.2, 0.25) is 0 Å². The van der Waals surface area contributed by atoms with Crippen LogP contribution in [0.5, 0.6) is 0 Å². The fourth-order valence-electron chi connectivity index (χ4n) is 1.04. The second-order valence-corrected chi connectivity index (χ2v) is 4.28. The molecule has 13 heavy (non-hydrogen) atoms. The van der Waals surface area contributed by atoms with Gasteiger partial charge in [0.2, 0.25) is 0 Å². The second kappa shape index (κ2) is 4.79. The minimum atomic E-state index is -0.433. The summed E-state index contributed by atoms with van der Waals surface area (Å²) in [5.41, 5.74) is 0. The van der Waals surface area contributed by atoms with Crippen molar-refractivity contribution >= 4 is 19.2 Å². The minimum absolute atomic E-state index is 0.0860. The third kappa shape index (κ3) is 3.14. The molecule has 0 amide bonds. The lowest BCUT2D eigenvalue weighted by Gasteiger charge is -2.22. The first-order chi connectivity index (χ1) is 6.11. The summed E-state index contributed by atoms with van der Waals surface area (Å²) in [4.78, 5) is 2.88. The zero-order valence-corrected chi connectivity index (χ0v) is 8.79. The molecular weight excluding hydrogens is 181 g/mol. The average molecular weight is 195 g/mol. The number of aliphatic hydroxyl groups is 1. The van der Waals surface area contributed by atoms with E-state index in [1.165, 1.54) is 0 Å². The molecule has 1 rings (SSSR count). The van der Waals surface area contributed by atoms with Crippen molar-refractivity contribution in [3.05, 3.63) is 22.4 Å². The Labute approximate surface area is 84.6 Å². The van der Waals surface area contributed by atoms with Gasteiger partial charge in [0.05, 0.1) is 14.0 Å². The summed E-state index contributed by atoms with van der Waals surface area (Å²) in [5.74, 6) is -0.0860. The van der Waals surface area contributed by atoms with Crippen molar-refractivity contribution in [1.82, 2.24) is 4.90 Å². The van der Waals surface area contributed by atoms with Crippen LogP contribution in [0.15, 0.2) is 17.5 Å². The number of hydrogen-bond acceptors (Lipinski definition) is 3. The molecule has 0 saturated carbocycles. The van der Waals surface area contributed by atoms with E-state index in [-0.39, 0.29) is 5.94 Å². The van der Waals surface area contributed by atoms with Gasteiger partial charge in [-0.05, 0) is 37.9 Å². The topological polar surface area (TPSA) is 23.5 Å². The number of rotatable bonds is 4. The van der Waals surface area contributed by atoms with Gasteiger partial charge in [-0.3, -0.25) is 0 Å². The normalized spacial score (nSPS) is 16.0. The Morgan fingerprint density at radius 1 is 1.62 bits per heavy atom. The van der Waals surface area contributed by atoms with Crippen LogP contribution >= 0.6 is 11.3 Å². The van der Waals surface area contributed by atoms with E-state index in [0.29, 0.717) is 6.42 Å². The summed E-state index contributed by atoms with van der Waals surface area (Å²) in [6.45, 7) is 0. The monoisotopic (exact) mass is 195 g/mol. The molecule has 0 fully saturated rings. The van der Waals surface area contributed by atoms with E-state index in [9.17, 15) is 5.11 Å². The molecule has 0 aliphatic heterocycles. The number of aliphatic hydroxyl groups excluding tert-OH is 1. The van der Waals surface area contributed by atoms with Crippen molar-refractivity contribution in [2.45, 2.75) is 18.5 Å². The molecule has 1 N–H and O–H groups in total. The van der Waals surface area contributed by atoms with E-state index in [4.69, 9.17) is 7.85 Å². The van der Waals surface area contributed by atoms with Crippen molar-refractivity contribution in [2.24, 2.45) is 0 Å². The molecule has 0 aliphatic rings. The lowest BCUT2D eigenvalue weighted by Crippen LogP contribution is -2.29. The lowest BCUT2D eigenvalue weighted by atomic mass is 9.89. The average Bonchev–Trinajstić information content (AvgIpc) is 2.55. The van der Waals surface area contributed by atoms with Gasteiger partial charge in [-0.15, -0.1) is 11.3 Å². The molecule has 0 aromatic carbocycles. The molecule has 1 aromatic rings. The Morgan fingerprint density at radius 2 is 2.31 bits per heavy atom. The van der Waals surface area contributed by atoms with E-state index in [2.05, 4.69) is 0 Å². The quantitative estimate of drug-likeness (QED) is 0.730. The first kappa shape index (κ1) is 10.8. The molecule has 0 bridgehead atoms. The highest BCUT2D eigenvalue weighted by atomic mass is 32.1. The van der Waals surface area contributed by atoms with E-state index >= 15 is 0 Å². The Morgan fingerprint density at radius 3 is 2.77 bits per heavy atom. The molecular formula is C9H14BNOS. The molecule has 4 heteroatoms. The molecule has 0 saturated heterocycles. The zero-order chi connectivity index (χ0) is 9.84. The number of nitrogens with zero attached hydrogens (tertiary/aromatic N) is 1. The summed E-state index contributed by atoms with van der Waals surface area (Å²) in [5, 5.41) is 11.7. The van der Waals surface area contributed by atoms with Crippen molar-refractivity contribution in [2.75, 3.05) is 14.1 Å². The third-order valence-electron chi connectivity index (χ3n) is 2.00. The first-order valence-electron chi connectivity index (χ1n) is 4.24. The van der Waals surface area contributed by atoms with E-state index in [0.717, 1.165) is 4.88 Å². The highest BCUT2D eigenvalue weighted by Gasteiger charge is 2.13. The van der Waals surface area contributed by atoms with Gasteiger partial charge >= 0.3 is 0 Å². The van der Waals surface area contributed by atoms with Gasteiger partial charge in [0, 0.05) is 4.88 Å². The van der Waals surface area contributed by atoms with Crippen LogP contribution in [-0.2, 0) is 0 Å². The minimum Gasteiger partial charge on any atom is -0.388 e. The van der Waals surface area contributed by atoms with Crippen LogP contribution in [0.25, 0.3) is 0 Å². The van der Waals surface area contributed by atoms with Gasteiger partial charge in [0.25, 0.3) is 0 Å². The second-order valence-electron chi connectivity index (χ2n) is 3.30. The van der Waals surface area contributed by atoms with E-state index < -0.39 is 6.10 Å². The van der Waals surface area contributed by atoms with Gasteiger partial charge in [0.15, 0.2) is 0 Å². The predicted molar refractivity (Wildman–Crippen MR) is 57.1 cm³/mol. The van der Waals surface area contributed by atoms with Crippen molar-refractivity contribution in [1.29, 1.82) is 0 Å². The van der Waals surface area contributed by atoms with Crippen LogP contribution in [-0.4, -0.2) is 37.9 Å². The third-order valence-corrected chi connectivity index (χ3v) is 2.97. The van der Waals surface area contributed by atoms with Gasteiger partial charge in [0.1, 0.15) is 0 Å². The van der Waals surface area contributed by atoms with Crippen molar-refractivity contribution < 1.29 is 5.11 Å². The predicted octanol–water partition coefficient (Wildman–Crippen LogP) is 1.23. The van der Waals surface area contributed by atoms with Gasteiger partial charge in [-0.25, -0.2) is 0 Å². The standard InChI is InChI=1S/C9H14BNOS/c1-11(2)9(10)6-7(12)8-4-3-5-13-8/h3-5,7,9,12H,6H2,1-2H3/t7-,9?/m1/s1. The first-order valence-corrected chi connectivity index (χ1v) is 5.12. The summed E-state index contributed by atoms with van der Waals surface area (Å²) < 4.78 is 0. The molecule has 1 aromatic heterocycles. The Bertz CT molecular complexity index is 238. The number of thiophene rings is 1. The fraction of sp³-hybridized carbons (Fsp3) is 0.556. The highest BCUT2D eigenvalue weighted by Crippen LogP contribution is 2.22. The van der Waals surface area contributed by atoms with E-state index in [1.807, 2.05) is 36.5 Å². The van der Waals surface area contributed by atoms with Crippen LogP contribution in [0.4, 0.5) is 0 Å². The molecule has 2 radical (unpaired) electrons. The fourth-order valence-corrected chi connectivity index (χ4v) is 1.76.